The lowest BCUT2D eigenvalue weighted by atomic mass is 10.2. The molecule has 1 aliphatic rings. The SMILES string of the molecule is Cc1oc(C)c(S(=O)(=O)NN2CCN(C)CC2)c1CO. The van der Waals surface area contributed by atoms with Crippen molar-refractivity contribution in [1.29, 1.82) is 0 Å². The molecule has 1 saturated heterocycles. The summed E-state index contributed by atoms with van der Waals surface area (Å²) in [4.78, 5) is 4.76. The van der Waals surface area contributed by atoms with Gasteiger partial charge < -0.3 is 14.4 Å². The molecule has 0 unspecified atom stereocenters. The number of rotatable bonds is 4. The van der Waals surface area contributed by atoms with Crippen LogP contribution in [0.4, 0.5) is 0 Å². The highest BCUT2D eigenvalue weighted by molar-refractivity contribution is 7.89. The molecule has 114 valence electrons. The average molecular weight is 303 g/mol. The Balaban J connectivity index is 2.23. The second-order valence-corrected chi connectivity index (χ2v) is 6.66. The van der Waals surface area contributed by atoms with Crippen molar-refractivity contribution in [2.24, 2.45) is 0 Å². The van der Waals surface area contributed by atoms with Crippen LogP contribution in [-0.2, 0) is 16.6 Å². The van der Waals surface area contributed by atoms with Crippen LogP contribution >= 0.6 is 0 Å². The summed E-state index contributed by atoms with van der Waals surface area (Å²) in [5.74, 6) is 0.733. The van der Waals surface area contributed by atoms with Gasteiger partial charge in [0.2, 0.25) is 0 Å². The first kappa shape index (κ1) is 15.5. The fourth-order valence-electron chi connectivity index (χ4n) is 2.36. The number of hydrazine groups is 1. The van der Waals surface area contributed by atoms with Crippen LogP contribution < -0.4 is 4.83 Å². The van der Waals surface area contributed by atoms with Crippen LogP contribution in [0.1, 0.15) is 17.1 Å². The van der Waals surface area contributed by atoms with E-state index < -0.39 is 10.0 Å². The molecular weight excluding hydrogens is 282 g/mol. The maximum atomic E-state index is 12.5. The average Bonchev–Trinajstić information content (AvgIpc) is 2.66. The van der Waals surface area contributed by atoms with Crippen LogP contribution in [-0.4, -0.2) is 56.7 Å². The van der Waals surface area contributed by atoms with Crippen LogP contribution in [0.25, 0.3) is 0 Å². The van der Waals surface area contributed by atoms with E-state index >= 15 is 0 Å². The lowest BCUT2D eigenvalue weighted by molar-refractivity contribution is 0.134. The smallest absolute Gasteiger partial charge is 0.257 e. The fraction of sp³-hybridized carbons (Fsp3) is 0.667. The Morgan fingerprint density at radius 3 is 2.35 bits per heavy atom. The van der Waals surface area contributed by atoms with Gasteiger partial charge in [0, 0.05) is 31.7 Å². The number of furan rings is 1. The number of nitrogens with zero attached hydrogens (tertiary/aromatic N) is 2. The third kappa shape index (κ3) is 3.04. The second-order valence-electron chi connectivity index (χ2n) is 5.07. The van der Waals surface area contributed by atoms with Crippen molar-refractivity contribution in [3.63, 3.8) is 0 Å². The van der Waals surface area contributed by atoms with E-state index in [1.165, 1.54) is 0 Å². The van der Waals surface area contributed by atoms with Gasteiger partial charge in [0.1, 0.15) is 16.4 Å². The van der Waals surface area contributed by atoms with Crippen molar-refractivity contribution in [2.45, 2.75) is 25.3 Å². The van der Waals surface area contributed by atoms with E-state index in [4.69, 9.17) is 4.42 Å². The van der Waals surface area contributed by atoms with Crippen LogP contribution in [0, 0.1) is 13.8 Å². The zero-order valence-corrected chi connectivity index (χ0v) is 12.8. The van der Waals surface area contributed by atoms with E-state index in [9.17, 15) is 13.5 Å². The normalized spacial score (nSPS) is 18.6. The third-order valence-corrected chi connectivity index (χ3v) is 5.07. The molecule has 1 aliphatic heterocycles. The van der Waals surface area contributed by atoms with Crippen molar-refractivity contribution < 1.29 is 17.9 Å². The molecule has 0 atom stereocenters. The molecule has 0 radical (unpaired) electrons. The van der Waals surface area contributed by atoms with Gasteiger partial charge in [-0.2, -0.15) is 0 Å². The van der Waals surface area contributed by atoms with Crippen LogP contribution in [0.3, 0.4) is 0 Å². The van der Waals surface area contributed by atoms with E-state index in [1.807, 2.05) is 7.05 Å². The minimum Gasteiger partial charge on any atom is -0.465 e. The van der Waals surface area contributed by atoms with E-state index in [0.717, 1.165) is 13.1 Å². The van der Waals surface area contributed by atoms with Gasteiger partial charge in [-0.1, -0.05) is 0 Å². The Bertz CT molecular complexity index is 574. The first-order valence-corrected chi connectivity index (χ1v) is 7.99. The van der Waals surface area contributed by atoms with Gasteiger partial charge >= 0.3 is 0 Å². The van der Waals surface area contributed by atoms with Crippen LogP contribution in [0.2, 0.25) is 0 Å². The minimum atomic E-state index is -3.73. The second kappa shape index (κ2) is 5.82. The highest BCUT2D eigenvalue weighted by atomic mass is 32.2. The minimum absolute atomic E-state index is 0.0522. The predicted octanol–water partition coefficient (Wildman–Crippen LogP) is -0.171. The topological polar surface area (TPSA) is 86.0 Å². The molecule has 0 aromatic carbocycles. The zero-order chi connectivity index (χ0) is 14.9. The Hall–Kier alpha value is -0.930. The summed E-state index contributed by atoms with van der Waals surface area (Å²) < 4.78 is 30.2. The molecule has 7 nitrogen and oxygen atoms in total. The van der Waals surface area contributed by atoms with Gasteiger partial charge in [0.05, 0.1) is 6.61 Å². The molecule has 8 heteroatoms. The van der Waals surface area contributed by atoms with E-state index in [1.54, 1.807) is 18.9 Å². The highest BCUT2D eigenvalue weighted by Crippen LogP contribution is 2.26. The Morgan fingerprint density at radius 1 is 1.20 bits per heavy atom. The van der Waals surface area contributed by atoms with Crippen LogP contribution in [0.5, 0.6) is 0 Å². The molecule has 0 bridgehead atoms. The summed E-state index contributed by atoms with van der Waals surface area (Å²) >= 11 is 0. The van der Waals surface area contributed by atoms with Gasteiger partial charge in [0.15, 0.2) is 0 Å². The summed E-state index contributed by atoms with van der Waals surface area (Å²) in [6, 6.07) is 0. The van der Waals surface area contributed by atoms with Gasteiger partial charge in [-0.05, 0) is 20.9 Å². The van der Waals surface area contributed by atoms with Crippen molar-refractivity contribution in [1.82, 2.24) is 14.7 Å². The van der Waals surface area contributed by atoms with Gasteiger partial charge in [0.25, 0.3) is 10.0 Å². The summed E-state index contributed by atoms with van der Waals surface area (Å²) in [5, 5.41) is 11.0. The van der Waals surface area contributed by atoms with Crippen molar-refractivity contribution in [3.05, 3.63) is 17.1 Å². The highest BCUT2D eigenvalue weighted by Gasteiger charge is 2.29. The van der Waals surface area contributed by atoms with E-state index in [-0.39, 0.29) is 11.5 Å². The lowest BCUT2D eigenvalue weighted by Gasteiger charge is -2.32. The molecular formula is C12H21N3O4S. The van der Waals surface area contributed by atoms with E-state index in [0.29, 0.717) is 30.2 Å². The molecule has 2 N–H and O–H groups in total. The summed E-state index contributed by atoms with van der Waals surface area (Å²) in [6.07, 6.45) is 0. The fourth-order valence-corrected chi connectivity index (χ4v) is 3.92. The molecule has 1 fully saturated rings. The molecule has 0 aliphatic carbocycles. The quantitative estimate of drug-likeness (QED) is 0.803. The summed E-state index contributed by atoms with van der Waals surface area (Å²) in [5.41, 5.74) is 0.323. The molecule has 0 spiro atoms. The summed E-state index contributed by atoms with van der Waals surface area (Å²) in [7, 11) is -1.73. The van der Waals surface area contributed by atoms with E-state index in [2.05, 4.69) is 9.73 Å². The first-order valence-electron chi connectivity index (χ1n) is 6.51. The van der Waals surface area contributed by atoms with Gasteiger partial charge in [-0.25, -0.2) is 13.4 Å². The number of hydrogen-bond acceptors (Lipinski definition) is 6. The molecule has 2 rings (SSSR count). The molecule has 1 aromatic heterocycles. The summed E-state index contributed by atoms with van der Waals surface area (Å²) in [6.45, 7) is 5.73. The van der Waals surface area contributed by atoms with Gasteiger partial charge in [-0.3, -0.25) is 0 Å². The third-order valence-electron chi connectivity index (χ3n) is 3.50. The largest absolute Gasteiger partial charge is 0.465 e. The number of likely N-dealkylation sites (N-methyl/N-ethyl adjacent to an activating group) is 1. The lowest BCUT2D eigenvalue weighted by Crippen LogP contribution is -2.52. The Kier molecular flexibility index (Phi) is 4.50. The maximum absolute atomic E-state index is 12.5. The number of aliphatic hydroxyl groups excluding tert-OH is 1. The van der Waals surface area contributed by atoms with Gasteiger partial charge in [-0.15, -0.1) is 4.83 Å². The van der Waals surface area contributed by atoms with Crippen molar-refractivity contribution in [2.75, 3.05) is 33.2 Å². The zero-order valence-electron chi connectivity index (χ0n) is 12.0. The van der Waals surface area contributed by atoms with Crippen molar-refractivity contribution >= 4 is 10.0 Å². The maximum Gasteiger partial charge on any atom is 0.257 e. The number of nitrogens with one attached hydrogen (secondary N) is 1. The molecule has 0 saturated carbocycles. The first-order chi connectivity index (χ1) is 9.35. The number of aliphatic hydroxyl groups is 1. The predicted molar refractivity (Wildman–Crippen MR) is 73.5 cm³/mol. The van der Waals surface area contributed by atoms with Crippen LogP contribution in [0.15, 0.2) is 9.31 Å². The van der Waals surface area contributed by atoms with Crippen molar-refractivity contribution in [3.8, 4) is 0 Å². The number of piperazine rings is 1. The monoisotopic (exact) mass is 303 g/mol. The number of hydrogen-bond donors (Lipinski definition) is 2. The number of sulfonamides is 1. The Morgan fingerprint density at radius 2 is 1.80 bits per heavy atom. The standard InChI is InChI=1S/C12H21N3O4S/c1-9-11(8-16)12(10(2)19-9)20(17,18)13-15-6-4-14(3)5-7-15/h13,16H,4-8H2,1-3H3. The number of aryl methyl sites for hydroxylation is 2. The molecule has 1 aromatic rings. The molecule has 2 heterocycles. The Labute approximate surface area is 119 Å². The molecule has 20 heavy (non-hydrogen) atoms. The molecule has 0 amide bonds.